The van der Waals surface area contributed by atoms with Gasteiger partial charge in [-0.3, -0.25) is 4.90 Å². The lowest BCUT2D eigenvalue weighted by atomic mass is 10.1. The summed E-state index contributed by atoms with van der Waals surface area (Å²) >= 11 is 0. The van der Waals surface area contributed by atoms with Crippen molar-refractivity contribution in [3.63, 3.8) is 0 Å². The maximum Gasteiger partial charge on any atom is 0.0683 e. The predicted molar refractivity (Wildman–Crippen MR) is 54.4 cm³/mol. The van der Waals surface area contributed by atoms with Crippen LogP contribution >= 0.6 is 0 Å². The predicted octanol–water partition coefficient (Wildman–Crippen LogP) is 0.834. The Hall–Kier alpha value is -0.520. The molecule has 2 aliphatic heterocycles. The van der Waals surface area contributed by atoms with Gasteiger partial charge >= 0.3 is 0 Å². The number of hydrogen-bond acceptors (Lipinski definition) is 2. The van der Waals surface area contributed by atoms with Gasteiger partial charge in [0, 0.05) is 25.2 Å². The van der Waals surface area contributed by atoms with Gasteiger partial charge in [-0.2, -0.15) is 0 Å². The van der Waals surface area contributed by atoms with Crippen molar-refractivity contribution in [3.05, 3.63) is 0 Å². The lowest BCUT2D eigenvalue weighted by Gasteiger charge is -2.26. The standard InChI is InChI=1S/C11H18N2/c1-3-9(2)13-7-6-10-4-5-11(8-13)12-10/h1,9-12H,4-8H2,2H3. The molecule has 0 radical (unpaired) electrons. The number of nitrogens with zero attached hydrogens (tertiary/aromatic N) is 1. The van der Waals surface area contributed by atoms with E-state index in [1.54, 1.807) is 0 Å². The van der Waals surface area contributed by atoms with E-state index in [1.165, 1.54) is 25.8 Å². The Labute approximate surface area is 80.7 Å². The molecular formula is C11H18N2. The maximum absolute atomic E-state index is 5.44. The van der Waals surface area contributed by atoms with Gasteiger partial charge in [-0.15, -0.1) is 6.42 Å². The molecule has 72 valence electrons. The topological polar surface area (TPSA) is 15.3 Å². The smallest absolute Gasteiger partial charge is 0.0683 e. The number of rotatable bonds is 1. The normalized spacial score (nSPS) is 36.6. The van der Waals surface area contributed by atoms with Crippen molar-refractivity contribution in [1.82, 2.24) is 10.2 Å². The maximum atomic E-state index is 5.44. The summed E-state index contributed by atoms with van der Waals surface area (Å²) in [6.07, 6.45) is 9.40. The fraction of sp³-hybridized carbons (Fsp3) is 0.818. The minimum Gasteiger partial charge on any atom is -0.310 e. The van der Waals surface area contributed by atoms with Gasteiger partial charge in [0.2, 0.25) is 0 Å². The second kappa shape index (κ2) is 3.69. The highest BCUT2D eigenvalue weighted by molar-refractivity contribution is 5.00. The molecule has 13 heavy (non-hydrogen) atoms. The fourth-order valence-electron chi connectivity index (χ4n) is 2.43. The van der Waals surface area contributed by atoms with Crippen LogP contribution < -0.4 is 5.32 Å². The number of nitrogens with one attached hydrogen (secondary N) is 1. The van der Waals surface area contributed by atoms with E-state index in [2.05, 4.69) is 23.1 Å². The van der Waals surface area contributed by atoms with Crippen molar-refractivity contribution in [2.45, 2.75) is 44.3 Å². The molecule has 3 unspecified atom stereocenters. The van der Waals surface area contributed by atoms with Gasteiger partial charge in [0.15, 0.2) is 0 Å². The van der Waals surface area contributed by atoms with Crippen molar-refractivity contribution in [3.8, 4) is 12.3 Å². The highest BCUT2D eigenvalue weighted by Crippen LogP contribution is 2.21. The first kappa shape index (κ1) is 9.05. The van der Waals surface area contributed by atoms with Gasteiger partial charge in [0.25, 0.3) is 0 Å². The molecule has 2 heterocycles. The van der Waals surface area contributed by atoms with Crippen molar-refractivity contribution in [2.24, 2.45) is 0 Å². The van der Waals surface area contributed by atoms with Gasteiger partial charge in [-0.05, 0) is 26.2 Å². The molecule has 2 rings (SSSR count). The summed E-state index contributed by atoms with van der Waals surface area (Å²) in [5, 5.41) is 3.65. The molecule has 2 bridgehead atoms. The van der Waals surface area contributed by atoms with E-state index >= 15 is 0 Å². The summed E-state index contributed by atoms with van der Waals surface area (Å²) in [6.45, 7) is 4.43. The molecule has 1 N–H and O–H groups in total. The van der Waals surface area contributed by atoms with Crippen LogP contribution in [0.15, 0.2) is 0 Å². The Balaban J connectivity index is 1.97. The average Bonchev–Trinajstić information content (AvgIpc) is 2.45. The van der Waals surface area contributed by atoms with Crippen molar-refractivity contribution >= 4 is 0 Å². The Morgan fingerprint density at radius 2 is 2.15 bits per heavy atom. The summed E-state index contributed by atoms with van der Waals surface area (Å²) < 4.78 is 0. The number of terminal acetylenes is 1. The molecule has 0 aromatic heterocycles. The summed E-state index contributed by atoms with van der Waals surface area (Å²) in [7, 11) is 0. The SMILES string of the molecule is C#CC(C)N1CCC2CCC(C1)N2. The van der Waals surface area contributed by atoms with Gasteiger partial charge in [-0.25, -0.2) is 0 Å². The highest BCUT2D eigenvalue weighted by Gasteiger charge is 2.30. The monoisotopic (exact) mass is 178 g/mol. The molecular weight excluding hydrogens is 160 g/mol. The molecule has 3 atom stereocenters. The summed E-state index contributed by atoms with van der Waals surface area (Å²) in [5.74, 6) is 2.82. The zero-order valence-corrected chi connectivity index (χ0v) is 8.29. The van der Waals surface area contributed by atoms with Crippen LogP contribution in [0.25, 0.3) is 0 Å². The third kappa shape index (κ3) is 1.87. The molecule has 0 aromatic carbocycles. The van der Waals surface area contributed by atoms with Crippen LogP contribution in [0.1, 0.15) is 26.2 Å². The summed E-state index contributed by atoms with van der Waals surface area (Å²) in [4.78, 5) is 2.43. The molecule has 2 saturated heterocycles. The van der Waals surface area contributed by atoms with Crippen LogP contribution in [0.2, 0.25) is 0 Å². The molecule has 0 saturated carbocycles. The van der Waals surface area contributed by atoms with Crippen LogP contribution in [0.3, 0.4) is 0 Å². The van der Waals surface area contributed by atoms with Gasteiger partial charge in [-0.1, -0.05) is 5.92 Å². The first-order chi connectivity index (χ1) is 6.29. The van der Waals surface area contributed by atoms with E-state index in [0.717, 1.165) is 12.6 Å². The molecule has 0 amide bonds. The quantitative estimate of drug-likeness (QED) is 0.598. The minimum atomic E-state index is 0.307. The van der Waals surface area contributed by atoms with E-state index < -0.39 is 0 Å². The molecule has 0 spiro atoms. The second-order valence-corrected chi connectivity index (χ2v) is 4.26. The molecule has 0 aromatic rings. The van der Waals surface area contributed by atoms with Crippen LogP contribution in [-0.4, -0.2) is 36.1 Å². The first-order valence-electron chi connectivity index (χ1n) is 5.26. The summed E-state index contributed by atoms with van der Waals surface area (Å²) in [6, 6.07) is 1.77. The van der Waals surface area contributed by atoms with E-state index in [4.69, 9.17) is 6.42 Å². The van der Waals surface area contributed by atoms with Gasteiger partial charge < -0.3 is 5.32 Å². The largest absolute Gasteiger partial charge is 0.310 e. The molecule has 2 aliphatic rings. The Morgan fingerprint density at radius 3 is 2.92 bits per heavy atom. The van der Waals surface area contributed by atoms with Crippen LogP contribution in [0.5, 0.6) is 0 Å². The Morgan fingerprint density at radius 1 is 1.38 bits per heavy atom. The lowest BCUT2D eigenvalue weighted by molar-refractivity contribution is 0.234. The number of hydrogen-bond donors (Lipinski definition) is 1. The lowest BCUT2D eigenvalue weighted by Crippen LogP contribution is -2.39. The van der Waals surface area contributed by atoms with Crippen molar-refractivity contribution in [2.75, 3.05) is 13.1 Å². The van der Waals surface area contributed by atoms with E-state index in [9.17, 15) is 0 Å². The van der Waals surface area contributed by atoms with Crippen LogP contribution in [0.4, 0.5) is 0 Å². The Kier molecular flexibility index (Phi) is 2.57. The Bertz CT molecular complexity index is 219. The first-order valence-corrected chi connectivity index (χ1v) is 5.26. The fourth-order valence-corrected chi connectivity index (χ4v) is 2.43. The van der Waals surface area contributed by atoms with Crippen molar-refractivity contribution in [1.29, 1.82) is 0 Å². The zero-order valence-electron chi connectivity index (χ0n) is 8.29. The highest BCUT2D eigenvalue weighted by atomic mass is 15.2. The van der Waals surface area contributed by atoms with Crippen LogP contribution in [0, 0.1) is 12.3 Å². The van der Waals surface area contributed by atoms with Gasteiger partial charge in [0.1, 0.15) is 0 Å². The molecule has 2 heteroatoms. The summed E-state index contributed by atoms with van der Waals surface area (Å²) in [5.41, 5.74) is 0. The molecule has 2 fully saturated rings. The minimum absolute atomic E-state index is 0.307. The number of fused-ring (bicyclic) bond motifs is 2. The molecule has 0 aliphatic carbocycles. The van der Waals surface area contributed by atoms with E-state index in [0.29, 0.717) is 12.1 Å². The average molecular weight is 178 g/mol. The third-order valence-electron chi connectivity index (χ3n) is 3.34. The third-order valence-corrected chi connectivity index (χ3v) is 3.34. The van der Waals surface area contributed by atoms with Crippen molar-refractivity contribution < 1.29 is 0 Å². The number of likely N-dealkylation sites (tertiary alicyclic amines) is 1. The second-order valence-electron chi connectivity index (χ2n) is 4.26. The van der Waals surface area contributed by atoms with Crippen LogP contribution in [-0.2, 0) is 0 Å². The van der Waals surface area contributed by atoms with E-state index in [-0.39, 0.29) is 0 Å². The van der Waals surface area contributed by atoms with Gasteiger partial charge in [0.05, 0.1) is 6.04 Å². The molecule has 2 nitrogen and oxygen atoms in total. The van der Waals surface area contributed by atoms with E-state index in [1.807, 2.05) is 0 Å². The zero-order chi connectivity index (χ0) is 9.26.